The molecule has 0 atom stereocenters. The number of thiazole rings is 1. The number of nitrogens with two attached hydrogens (primary N) is 1. The SMILES string of the molecule is CC(C)c1csc(NC(=O)c2cccc(Br)c2N)n1. The van der Waals surface area contributed by atoms with Crippen LogP contribution in [0.1, 0.15) is 35.8 Å². The van der Waals surface area contributed by atoms with E-state index < -0.39 is 0 Å². The Morgan fingerprint density at radius 3 is 2.84 bits per heavy atom. The van der Waals surface area contributed by atoms with E-state index in [9.17, 15) is 4.79 Å². The van der Waals surface area contributed by atoms with E-state index in [0.29, 0.717) is 26.8 Å². The van der Waals surface area contributed by atoms with Crippen LogP contribution in [0.15, 0.2) is 28.1 Å². The van der Waals surface area contributed by atoms with Gasteiger partial charge in [-0.15, -0.1) is 11.3 Å². The number of nitrogen functional groups attached to an aromatic ring is 1. The van der Waals surface area contributed by atoms with Gasteiger partial charge >= 0.3 is 0 Å². The highest BCUT2D eigenvalue weighted by Gasteiger charge is 2.14. The van der Waals surface area contributed by atoms with Crippen LogP contribution in [0.4, 0.5) is 10.8 Å². The number of para-hydroxylation sites is 1. The molecule has 4 nitrogen and oxygen atoms in total. The number of carbonyl (C=O) groups is 1. The van der Waals surface area contributed by atoms with E-state index in [0.717, 1.165) is 5.69 Å². The van der Waals surface area contributed by atoms with Crippen molar-refractivity contribution >= 4 is 44.0 Å². The molecule has 2 aromatic rings. The molecule has 100 valence electrons. The van der Waals surface area contributed by atoms with Crippen molar-refractivity contribution in [2.45, 2.75) is 19.8 Å². The number of anilines is 2. The predicted octanol–water partition coefficient (Wildman–Crippen LogP) is 3.86. The van der Waals surface area contributed by atoms with Crippen LogP contribution in [0.25, 0.3) is 0 Å². The molecule has 0 saturated carbocycles. The first-order valence-corrected chi connectivity index (χ1v) is 7.47. The number of nitrogens with one attached hydrogen (secondary N) is 1. The first kappa shape index (κ1) is 14.0. The van der Waals surface area contributed by atoms with Crippen LogP contribution in [-0.2, 0) is 0 Å². The molecule has 1 aromatic heterocycles. The zero-order chi connectivity index (χ0) is 14.0. The topological polar surface area (TPSA) is 68.0 Å². The molecule has 0 fully saturated rings. The molecule has 0 bridgehead atoms. The second kappa shape index (κ2) is 5.71. The zero-order valence-electron chi connectivity index (χ0n) is 10.6. The van der Waals surface area contributed by atoms with Gasteiger partial charge in [-0.25, -0.2) is 4.98 Å². The molecule has 0 saturated heterocycles. The summed E-state index contributed by atoms with van der Waals surface area (Å²) in [5, 5.41) is 5.31. The smallest absolute Gasteiger partial charge is 0.259 e. The quantitative estimate of drug-likeness (QED) is 0.834. The summed E-state index contributed by atoms with van der Waals surface area (Å²) in [6.07, 6.45) is 0. The molecular weight excluding hydrogens is 326 g/mol. The molecular formula is C13H14BrN3OS. The lowest BCUT2D eigenvalue weighted by Gasteiger charge is -2.06. The van der Waals surface area contributed by atoms with Gasteiger partial charge in [-0.05, 0) is 34.0 Å². The molecule has 0 aliphatic heterocycles. The monoisotopic (exact) mass is 339 g/mol. The molecule has 6 heteroatoms. The standard InChI is InChI=1S/C13H14BrN3OS/c1-7(2)10-6-19-13(16-10)17-12(18)8-4-3-5-9(14)11(8)15/h3-7H,15H2,1-2H3,(H,16,17,18). The summed E-state index contributed by atoms with van der Waals surface area (Å²) in [6, 6.07) is 5.26. The van der Waals surface area contributed by atoms with E-state index in [-0.39, 0.29) is 5.91 Å². The van der Waals surface area contributed by atoms with Crippen LogP contribution in [0, 0.1) is 0 Å². The molecule has 0 radical (unpaired) electrons. The number of hydrogen-bond acceptors (Lipinski definition) is 4. The van der Waals surface area contributed by atoms with Crippen LogP contribution < -0.4 is 11.1 Å². The number of halogens is 1. The zero-order valence-corrected chi connectivity index (χ0v) is 13.0. The van der Waals surface area contributed by atoms with Gasteiger partial charge in [0.05, 0.1) is 16.9 Å². The second-order valence-corrected chi connectivity index (χ2v) is 6.10. The maximum absolute atomic E-state index is 12.1. The Morgan fingerprint density at radius 1 is 1.47 bits per heavy atom. The van der Waals surface area contributed by atoms with Crippen molar-refractivity contribution < 1.29 is 4.79 Å². The molecule has 0 aliphatic rings. The summed E-state index contributed by atoms with van der Waals surface area (Å²) >= 11 is 4.72. The van der Waals surface area contributed by atoms with Crippen molar-refractivity contribution in [1.82, 2.24) is 4.98 Å². The fraction of sp³-hybridized carbons (Fsp3) is 0.231. The maximum Gasteiger partial charge on any atom is 0.259 e. The van der Waals surface area contributed by atoms with Crippen LogP contribution in [0.2, 0.25) is 0 Å². The summed E-state index contributed by atoms with van der Waals surface area (Å²) in [4.78, 5) is 16.5. The number of benzene rings is 1. The summed E-state index contributed by atoms with van der Waals surface area (Å²) in [6.45, 7) is 4.12. The first-order chi connectivity index (χ1) is 8.99. The van der Waals surface area contributed by atoms with Gasteiger partial charge < -0.3 is 5.73 Å². The van der Waals surface area contributed by atoms with E-state index in [1.807, 2.05) is 5.38 Å². The Hall–Kier alpha value is -1.40. The lowest BCUT2D eigenvalue weighted by atomic mass is 10.1. The van der Waals surface area contributed by atoms with E-state index in [4.69, 9.17) is 5.73 Å². The molecule has 3 N–H and O–H groups in total. The second-order valence-electron chi connectivity index (χ2n) is 4.39. The summed E-state index contributed by atoms with van der Waals surface area (Å²) in [5.41, 5.74) is 7.71. The van der Waals surface area contributed by atoms with Crippen LogP contribution in [0.5, 0.6) is 0 Å². The van der Waals surface area contributed by atoms with Gasteiger partial charge in [0.25, 0.3) is 5.91 Å². The molecule has 1 amide bonds. The van der Waals surface area contributed by atoms with Gasteiger partial charge in [-0.2, -0.15) is 0 Å². The molecule has 0 spiro atoms. The first-order valence-electron chi connectivity index (χ1n) is 5.79. The van der Waals surface area contributed by atoms with Crippen molar-refractivity contribution in [2.75, 3.05) is 11.1 Å². The molecule has 2 rings (SSSR count). The van der Waals surface area contributed by atoms with Gasteiger partial charge in [-0.1, -0.05) is 19.9 Å². The van der Waals surface area contributed by atoms with E-state index in [1.54, 1.807) is 18.2 Å². The van der Waals surface area contributed by atoms with Crippen molar-refractivity contribution in [2.24, 2.45) is 0 Å². The average Bonchev–Trinajstić information content (AvgIpc) is 2.81. The lowest BCUT2D eigenvalue weighted by Crippen LogP contribution is -2.14. The van der Waals surface area contributed by atoms with Crippen molar-refractivity contribution in [3.8, 4) is 0 Å². The number of rotatable bonds is 3. The highest BCUT2D eigenvalue weighted by molar-refractivity contribution is 9.10. The predicted molar refractivity (Wildman–Crippen MR) is 82.7 cm³/mol. The van der Waals surface area contributed by atoms with Gasteiger partial charge in [0.2, 0.25) is 0 Å². The largest absolute Gasteiger partial charge is 0.397 e. The summed E-state index contributed by atoms with van der Waals surface area (Å²) < 4.78 is 0.710. The van der Waals surface area contributed by atoms with Gasteiger partial charge in [0.1, 0.15) is 0 Å². The van der Waals surface area contributed by atoms with E-state index in [2.05, 4.69) is 40.1 Å². The Bertz CT molecular complexity index is 610. The highest BCUT2D eigenvalue weighted by atomic mass is 79.9. The van der Waals surface area contributed by atoms with Crippen LogP contribution in [-0.4, -0.2) is 10.9 Å². The Morgan fingerprint density at radius 2 is 2.21 bits per heavy atom. The molecule has 19 heavy (non-hydrogen) atoms. The van der Waals surface area contributed by atoms with Crippen LogP contribution in [0.3, 0.4) is 0 Å². The number of nitrogens with zero attached hydrogens (tertiary/aromatic N) is 1. The molecule has 0 aliphatic carbocycles. The number of carbonyl (C=O) groups excluding carboxylic acids is 1. The Balaban J connectivity index is 2.18. The Labute approximate surface area is 124 Å². The normalized spacial score (nSPS) is 10.7. The third-order valence-electron chi connectivity index (χ3n) is 2.63. The van der Waals surface area contributed by atoms with E-state index >= 15 is 0 Å². The fourth-order valence-electron chi connectivity index (χ4n) is 1.51. The van der Waals surface area contributed by atoms with Gasteiger partial charge in [0, 0.05) is 9.85 Å². The van der Waals surface area contributed by atoms with Crippen LogP contribution >= 0.6 is 27.3 Å². The minimum atomic E-state index is -0.247. The lowest BCUT2D eigenvalue weighted by molar-refractivity contribution is 0.102. The van der Waals surface area contributed by atoms with Gasteiger partial charge in [-0.3, -0.25) is 10.1 Å². The molecule has 0 unspecified atom stereocenters. The minimum Gasteiger partial charge on any atom is -0.397 e. The number of aromatic nitrogens is 1. The summed E-state index contributed by atoms with van der Waals surface area (Å²) in [7, 11) is 0. The fourth-order valence-corrected chi connectivity index (χ4v) is 2.74. The minimum absolute atomic E-state index is 0.247. The van der Waals surface area contributed by atoms with Crippen molar-refractivity contribution in [3.05, 3.63) is 39.3 Å². The number of hydrogen-bond donors (Lipinski definition) is 2. The van der Waals surface area contributed by atoms with Gasteiger partial charge in [0.15, 0.2) is 5.13 Å². The molecule has 1 aromatic carbocycles. The highest BCUT2D eigenvalue weighted by Crippen LogP contribution is 2.25. The average molecular weight is 340 g/mol. The summed E-state index contributed by atoms with van der Waals surface area (Å²) in [5.74, 6) is 0.0984. The Kier molecular flexibility index (Phi) is 4.21. The molecule has 1 heterocycles. The third kappa shape index (κ3) is 3.13. The van der Waals surface area contributed by atoms with Crippen molar-refractivity contribution in [1.29, 1.82) is 0 Å². The maximum atomic E-state index is 12.1. The third-order valence-corrected chi connectivity index (χ3v) is 4.10. The number of amides is 1. The van der Waals surface area contributed by atoms with E-state index in [1.165, 1.54) is 11.3 Å². The van der Waals surface area contributed by atoms with Crippen molar-refractivity contribution in [3.63, 3.8) is 0 Å².